The van der Waals surface area contributed by atoms with Gasteiger partial charge in [-0.15, -0.1) is 0 Å². The van der Waals surface area contributed by atoms with Gasteiger partial charge in [-0.2, -0.15) is 0 Å². The minimum atomic E-state index is -0.0945. The molecule has 3 aromatic carbocycles. The molecule has 4 nitrogen and oxygen atoms in total. The van der Waals surface area contributed by atoms with Crippen molar-refractivity contribution in [3.63, 3.8) is 0 Å². The van der Waals surface area contributed by atoms with Crippen LogP contribution in [0.25, 0.3) is 22.2 Å². The summed E-state index contributed by atoms with van der Waals surface area (Å²) in [4.78, 5) is 18.5. The molecular formula is C27H26N2O2. The lowest BCUT2D eigenvalue weighted by Crippen LogP contribution is -2.29. The van der Waals surface area contributed by atoms with Crippen molar-refractivity contribution in [2.75, 3.05) is 7.11 Å². The van der Waals surface area contributed by atoms with Gasteiger partial charge in [-0.3, -0.25) is 4.79 Å². The number of fused-ring (bicyclic) bond motifs is 1. The molecule has 0 saturated carbocycles. The molecular weight excluding hydrogens is 384 g/mol. The molecule has 0 aliphatic rings. The summed E-state index contributed by atoms with van der Waals surface area (Å²) >= 11 is 0. The number of methoxy groups -OCH3 is 1. The first kappa shape index (κ1) is 20.6. The van der Waals surface area contributed by atoms with Crippen LogP contribution in [-0.4, -0.2) is 18.0 Å². The topological polar surface area (TPSA) is 51.2 Å². The lowest BCUT2D eigenvalue weighted by atomic mass is 9.96. The van der Waals surface area contributed by atoms with Crippen molar-refractivity contribution in [3.05, 3.63) is 95.6 Å². The summed E-state index contributed by atoms with van der Waals surface area (Å²) in [5.41, 5.74) is 5.14. The maximum atomic E-state index is 13.6. The molecule has 0 aliphatic carbocycles. The summed E-state index contributed by atoms with van der Waals surface area (Å²) in [6.45, 7) is 4.05. The van der Waals surface area contributed by atoms with Gasteiger partial charge in [0.25, 0.3) is 5.91 Å². The Morgan fingerprint density at radius 2 is 1.68 bits per heavy atom. The first-order valence-corrected chi connectivity index (χ1v) is 10.5. The summed E-state index contributed by atoms with van der Waals surface area (Å²) in [7, 11) is 1.63. The molecule has 156 valence electrons. The minimum absolute atomic E-state index is 0.0604. The lowest BCUT2D eigenvalue weighted by molar-refractivity contribution is 0.0936. The third-order valence-corrected chi connectivity index (χ3v) is 5.63. The second-order valence-corrected chi connectivity index (χ2v) is 7.55. The van der Waals surface area contributed by atoms with Gasteiger partial charge in [-0.05, 0) is 36.6 Å². The average molecular weight is 411 g/mol. The molecule has 0 saturated heterocycles. The van der Waals surface area contributed by atoms with Gasteiger partial charge in [0.1, 0.15) is 5.75 Å². The van der Waals surface area contributed by atoms with E-state index in [1.54, 1.807) is 7.11 Å². The molecule has 0 fully saturated rings. The average Bonchev–Trinajstić information content (AvgIpc) is 2.82. The van der Waals surface area contributed by atoms with E-state index in [0.717, 1.165) is 39.7 Å². The number of carbonyl (C=O) groups is 1. The number of hydrogen-bond donors (Lipinski definition) is 1. The van der Waals surface area contributed by atoms with Gasteiger partial charge >= 0.3 is 0 Å². The summed E-state index contributed by atoms with van der Waals surface area (Å²) in [5, 5.41) is 4.06. The normalized spacial score (nSPS) is 11.8. The van der Waals surface area contributed by atoms with Crippen molar-refractivity contribution in [1.29, 1.82) is 0 Å². The number of nitrogens with one attached hydrogen (secondary N) is 1. The van der Waals surface area contributed by atoms with Gasteiger partial charge in [-0.25, -0.2) is 4.98 Å². The largest absolute Gasteiger partial charge is 0.497 e. The van der Waals surface area contributed by atoms with Crippen LogP contribution >= 0.6 is 0 Å². The van der Waals surface area contributed by atoms with Crippen LogP contribution in [0.3, 0.4) is 0 Å². The third-order valence-electron chi connectivity index (χ3n) is 5.63. The summed E-state index contributed by atoms with van der Waals surface area (Å²) < 4.78 is 5.40. The van der Waals surface area contributed by atoms with E-state index in [1.807, 2.05) is 85.8 Å². The molecule has 1 aromatic heterocycles. The van der Waals surface area contributed by atoms with Crippen molar-refractivity contribution in [1.82, 2.24) is 10.3 Å². The Hall–Kier alpha value is -3.66. The molecule has 4 rings (SSSR count). The Bertz CT molecular complexity index is 1200. The van der Waals surface area contributed by atoms with E-state index >= 15 is 0 Å². The number of amides is 1. The third kappa shape index (κ3) is 4.15. The molecule has 1 N–H and O–H groups in total. The zero-order valence-corrected chi connectivity index (χ0v) is 18.1. The van der Waals surface area contributed by atoms with E-state index in [0.29, 0.717) is 11.3 Å². The van der Waals surface area contributed by atoms with Gasteiger partial charge in [0, 0.05) is 17.0 Å². The number of pyridine rings is 1. The highest BCUT2D eigenvalue weighted by Crippen LogP contribution is 2.32. The number of aromatic nitrogens is 1. The molecule has 4 aromatic rings. The fourth-order valence-electron chi connectivity index (χ4n) is 3.97. The highest BCUT2D eigenvalue weighted by molar-refractivity contribution is 6.09. The number of hydrogen-bond acceptors (Lipinski definition) is 3. The SMILES string of the molecule is CCC(NC(=O)c1c(C)c(-c2ccccc2)nc2cc(OC)ccc12)c1ccccc1. The minimum Gasteiger partial charge on any atom is -0.497 e. The summed E-state index contributed by atoms with van der Waals surface area (Å²) in [6.07, 6.45) is 0.803. The predicted octanol–water partition coefficient (Wildman–Crippen LogP) is 6.10. The van der Waals surface area contributed by atoms with E-state index in [-0.39, 0.29) is 11.9 Å². The standard InChI is InChI=1S/C27H26N2O2/c1-4-23(19-11-7-5-8-12-19)29-27(30)25-18(2)26(20-13-9-6-10-14-20)28-24-17-21(31-3)15-16-22(24)25/h5-17,23H,4H2,1-3H3,(H,29,30). The van der Waals surface area contributed by atoms with Gasteiger partial charge in [0.15, 0.2) is 0 Å². The van der Waals surface area contributed by atoms with E-state index < -0.39 is 0 Å². The first-order chi connectivity index (χ1) is 15.1. The van der Waals surface area contributed by atoms with Crippen molar-refractivity contribution >= 4 is 16.8 Å². The molecule has 4 heteroatoms. The molecule has 0 bridgehead atoms. The van der Waals surface area contributed by atoms with Crippen LogP contribution in [0.5, 0.6) is 5.75 Å². The lowest BCUT2D eigenvalue weighted by Gasteiger charge is -2.20. The molecule has 1 amide bonds. The van der Waals surface area contributed by atoms with E-state index in [4.69, 9.17) is 9.72 Å². The summed E-state index contributed by atoms with van der Waals surface area (Å²) in [6, 6.07) is 25.7. The molecule has 31 heavy (non-hydrogen) atoms. The summed E-state index contributed by atoms with van der Waals surface area (Å²) in [5.74, 6) is 0.618. The van der Waals surface area contributed by atoms with Crippen LogP contribution in [-0.2, 0) is 0 Å². The van der Waals surface area contributed by atoms with Gasteiger partial charge in [0.2, 0.25) is 0 Å². The molecule has 0 radical (unpaired) electrons. The van der Waals surface area contributed by atoms with Crippen LogP contribution in [0, 0.1) is 6.92 Å². The number of nitrogens with zero attached hydrogens (tertiary/aromatic N) is 1. The maximum absolute atomic E-state index is 13.6. The second-order valence-electron chi connectivity index (χ2n) is 7.55. The maximum Gasteiger partial charge on any atom is 0.252 e. The van der Waals surface area contributed by atoms with Crippen LogP contribution < -0.4 is 10.1 Å². The van der Waals surface area contributed by atoms with Crippen LogP contribution in [0.2, 0.25) is 0 Å². The quantitative estimate of drug-likeness (QED) is 0.418. The molecule has 1 heterocycles. The van der Waals surface area contributed by atoms with E-state index in [9.17, 15) is 4.79 Å². The van der Waals surface area contributed by atoms with Crippen molar-refractivity contribution in [2.45, 2.75) is 26.3 Å². The fourth-order valence-corrected chi connectivity index (χ4v) is 3.97. The first-order valence-electron chi connectivity index (χ1n) is 10.5. The van der Waals surface area contributed by atoms with E-state index in [2.05, 4.69) is 12.2 Å². The number of carbonyl (C=O) groups excluding carboxylic acids is 1. The van der Waals surface area contributed by atoms with Gasteiger partial charge in [0.05, 0.1) is 29.9 Å². The monoisotopic (exact) mass is 410 g/mol. The Morgan fingerprint density at radius 1 is 1.00 bits per heavy atom. The zero-order chi connectivity index (χ0) is 21.8. The molecule has 1 unspecified atom stereocenters. The molecule has 1 atom stereocenters. The number of benzene rings is 3. The van der Waals surface area contributed by atoms with Crippen molar-refractivity contribution in [3.8, 4) is 17.0 Å². The highest BCUT2D eigenvalue weighted by Gasteiger charge is 2.22. The molecule has 0 aliphatic heterocycles. The van der Waals surface area contributed by atoms with Crippen LogP contribution in [0.1, 0.15) is 40.9 Å². The zero-order valence-electron chi connectivity index (χ0n) is 18.1. The van der Waals surface area contributed by atoms with Crippen LogP contribution in [0.4, 0.5) is 0 Å². The predicted molar refractivity (Wildman–Crippen MR) is 125 cm³/mol. The van der Waals surface area contributed by atoms with Crippen molar-refractivity contribution < 1.29 is 9.53 Å². The van der Waals surface area contributed by atoms with Gasteiger partial charge in [-0.1, -0.05) is 67.6 Å². The fraction of sp³-hybridized carbons (Fsp3) is 0.185. The highest BCUT2D eigenvalue weighted by atomic mass is 16.5. The Labute approximate surface area is 182 Å². The van der Waals surface area contributed by atoms with Gasteiger partial charge < -0.3 is 10.1 Å². The Morgan fingerprint density at radius 3 is 2.32 bits per heavy atom. The Kier molecular flexibility index (Phi) is 5.99. The number of ether oxygens (including phenoxy) is 1. The second kappa shape index (κ2) is 9.00. The Balaban J connectivity index is 1.85. The molecule has 0 spiro atoms. The van der Waals surface area contributed by atoms with Crippen LogP contribution in [0.15, 0.2) is 78.9 Å². The number of rotatable bonds is 6. The smallest absolute Gasteiger partial charge is 0.252 e. The van der Waals surface area contributed by atoms with Crippen molar-refractivity contribution in [2.24, 2.45) is 0 Å². The van der Waals surface area contributed by atoms with E-state index in [1.165, 1.54) is 0 Å².